The Labute approximate surface area is 146 Å². The van der Waals surface area contributed by atoms with E-state index in [4.69, 9.17) is 5.73 Å². The number of carbonyl (C=O) groups is 2. The van der Waals surface area contributed by atoms with E-state index in [0.29, 0.717) is 32.2 Å². The number of nitrogens with zero attached hydrogens (tertiary/aromatic N) is 2. The second kappa shape index (κ2) is 8.39. The van der Waals surface area contributed by atoms with Crippen LogP contribution in [0, 0.1) is 17.6 Å². The molecule has 134 valence electrons. The fourth-order valence-electron chi connectivity index (χ4n) is 2.46. The van der Waals surface area contributed by atoms with Crippen molar-refractivity contribution in [3.8, 4) is 0 Å². The summed E-state index contributed by atoms with van der Waals surface area (Å²) >= 11 is 0. The highest BCUT2D eigenvalue weighted by Crippen LogP contribution is 2.15. The first-order valence-electron chi connectivity index (χ1n) is 7.60. The zero-order valence-electron chi connectivity index (χ0n) is 13.7. The van der Waals surface area contributed by atoms with Gasteiger partial charge in [-0.3, -0.25) is 9.59 Å². The highest BCUT2D eigenvalue weighted by Gasteiger charge is 2.29. The number of piperazine rings is 1. The van der Waals surface area contributed by atoms with Gasteiger partial charge in [-0.25, -0.2) is 8.78 Å². The van der Waals surface area contributed by atoms with Crippen LogP contribution in [0.5, 0.6) is 0 Å². The number of nitrogens with two attached hydrogens (primary N) is 1. The molecule has 0 saturated carbocycles. The van der Waals surface area contributed by atoms with Crippen molar-refractivity contribution < 1.29 is 18.4 Å². The molecule has 8 heteroatoms. The lowest BCUT2D eigenvalue weighted by Crippen LogP contribution is -2.55. The molecule has 0 spiro atoms. The van der Waals surface area contributed by atoms with Gasteiger partial charge >= 0.3 is 0 Å². The number of carbonyl (C=O) groups excluding carboxylic acids is 2. The summed E-state index contributed by atoms with van der Waals surface area (Å²) in [6, 6.07) is 2.32. The minimum absolute atomic E-state index is 0. The van der Waals surface area contributed by atoms with Gasteiger partial charge in [0.1, 0.15) is 11.6 Å². The number of halogens is 3. The molecule has 0 bridgehead atoms. The van der Waals surface area contributed by atoms with Crippen molar-refractivity contribution in [1.29, 1.82) is 0 Å². The summed E-state index contributed by atoms with van der Waals surface area (Å²) in [6.45, 7) is 5.05. The van der Waals surface area contributed by atoms with Gasteiger partial charge in [0.15, 0.2) is 0 Å². The van der Waals surface area contributed by atoms with E-state index in [1.165, 1.54) is 4.90 Å². The summed E-state index contributed by atoms with van der Waals surface area (Å²) in [7, 11) is 0. The van der Waals surface area contributed by atoms with Crippen molar-refractivity contribution in [1.82, 2.24) is 9.80 Å². The lowest BCUT2D eigenvalue weighted by atomic mass is 10.0. The van der Waals surface area contributed by atoms with Crippen LogP contribution < -0.4 is 5.73 Å². The van der Waals surface area contributed by atoms with E-state index in [1.54, 1.807) is 4.90 Å². The molecular formula is C16H22ClF2N3O2. The predicted molar refractivity (Wildman–Crippen MR) is 88.9 cm³/mol. The van der Waals surface area contributed by atoms with Gasteiger partial charge in [0, 0.05) is 32.2 Å². The minimum atomic E-state index is -0.879. The van der Waals surface area contributed by atoms with Gasteiger partial charge in [-0.05, 0) is 18.1 Å². The average molecular weight is 362 g/mol. The van der Waals surface area contributed by atoms with Gasteiger partial charge in [0.25, 0.3) is 5.91 Å². The van der Waals surface area contributed by atoms with Crippen LogP contribution in [0.3, 0.4) is 0 Å². The normalized spacial score (nSPS) is 15.9. The smallest absolute Gasteiger partial charge is 0.256 e. The molecule has 1 aliphatic rings. The van der Waals surface area contributed by atoms with Gasteiger partial charge < -0.3 is 15.5 Å². The molecule has 0 aliphatic carbocycles. The lowest BCUT2D eigenvalue weighted by molar-refractivity contribution is -0.135. The quantitative estimate of drug-likeness (QED) is 0.890. The fourth-order valence-corrected chi connectivity index (χ4v) is 2.46. The molecule has 1 aromatic rings. The van der Waals surface area contributed by atoms with Crippen LogP contribution in [0.4, 0.5) is 8.78 Å². The summed E-state index contributed by atoms with van der Waals surface area (Å²) in [6.07, 6.45) is 0. The minimum Gasteiger partial charge on any atom is -0.338 e. The van der Waals surface area contributed by atoms with Crippen molar-refractivity contribution in [2.75, 3.05) is 26.2 Å². The molecule has 24 heavy (non-hydrogen) atoms. The van der Waals surface area contributed by atoms with Crippen LogP contribution in [0.25, 0.3) is 0 Å². The second-order valence-corrected chi connectivity index (χ2v) is 6.01. The topological polar surface area (TPSA) is 66.6 Å². The van der Waals surface area contributed by atoms with Crippen molar-refractivity contribution >= 4 is 24.2 Å². The number of amides is 2. The highest BCUT2D eigenvalue weighted by atomic mass is 35.5. The van der Waals surface area contributed by atoms with E-state index in [1.807, 2.05) is 13.8 Å². The average Bonchev–Trinajstić information content (AvgIpc) is 2.53. The summed E-state index contributed by atoms with van der Waals surface area (Å²) in [5.74, 6) is -2.20. The third kappa shape index (κ3) is 4.42. The highest BCUT2D eigenvalue weighted by molar-refractivity contribution is 5.94. The molecule has 2 rings (SSSR count). The van der Waals surface area contributed by atoms with Crippen LogP contribution in [-0.4, -0.2) is 53.8 Å². The molecular weight excluding hydrogens is 340 g/mol. The molecule has 0 radical (unpaired) electrons. The number of hydrogen-bond donors (Lipinski definition) is 1. The fraction of sp³-hybridized carbons (Fsp3) is 0.500. The first kappa shape index (κ1) is 20.3. The Morgan fingerprint density at radius 3 is 2.12 bits per heavy atom. The van der Waals surface area contributed by atoms with E-state index in [9.17, 15) is 18.4 Å². The molecule has 1 heterocycles. The number of benzene rings is 1. The third-order valence-electron chi connectivity index (χ3n) is 4.04. The summed E-state index contributed by atoms with van der Waals surface area (Å²) < 4.78 is 26.6. The Bertz CT molecular complexity index is 605. The maximum Gasteiger partial charge on any atom is 0.256 e. The van der Waals surface area contributed by atoms with E-state index in [2.05, 4.69) is 0 Å². The summed E-state index contributed by atoms with van der Waals surface area (Å²) in [4.78, 5) is 27.5. The Balaban J connectivity index is 0.00000288. The Morgan fingerprint density at radius 2 is 1.62 bits per heavy atom. The van der Waals surface area contributed by atoms with Gasteiger partial charge in [-0.15, -0.1) is 12.4 Å². The SMILES string of the molecule is CC(C)[C@H](N)C(=O)N1CCN(C(=O)c2ccc(F)cc2F)CC1.Cl. The summed E-state index contributed by atoms with van der Waals surface area (Å²) in [5.41, 5.74) is 5.69. The van der Waals surface area contributed by atoms with Crippen LogP contribution in [0.2, 0.25) is 0 Å². The van der Waals surface area contributed by atoms with E-state index >= 15 is 0 Å². The van der Waals surface area contributed by atoms with Crippen LogP contribution in [0.1, 0.15) is 24.2 Å². The lowest BCUT2D eigenvalue weighted by Gasteiger charge is -2.36. The molecule has 1 atom stereocenters. The first-order valence-corrected chi connectivity index (χ1v) is 7.60. The summed E-state index contributed by atoms with van der Waals surface area (Å²) in [5, 5.41) is 0. The molecule has 0 aromatic heterocycles. The number of hydrogen-bond acceptors (Lipinski definition) is 3. The number of rotatable bonds is 3. The molecule has 2 N–H and O–H groups in total. The monoisotopic (exact) mass is 361 g/mol. The van der Waals surface area contributed by atoms with Crippen molar-refractivity contribution in [3.05, 3.63) is 35.4 Å². The zero-order valence-corrected chi connectivity index (χ0v) is 14.5. The molecule has 1 aliphatic heterocycles. The van der Waals surface area contributed by atoms with E-state index in [0.717, 1.165) is 12.1 Å². The first-order chi connectivity index (χ1) is 10.8. The molecule has 5 nitrogen and oxygen atoms in total. The maximum absolute atomic E-state index is 13.7. The van der Waals surface area contributed by atoms with Crippen molar-refractivity contribution in [2.45, 2.75) is 19.9 Å². The largest absolute Gasteiger partial charge is 0.338 e. The van der Waals surface area contributed by atoms with Gasteiger partial charge in [0.05, 0.1) is 11.6 Å². The molecule has 0 unspecified atom stereocenters. The van der Waals surface area contributed by atoms with E-state index < -0.39 is 23.6 Å². The standard InChI is InChI=1S/C16H21F2N3O2.ClH/c1-10(2)14(19)16(23)21-7-5-20(6-8-21)15(22)12-4-3-11(17)9-13(12)18;/h3-4,9-10,14H,5-8,19H2,1-2H3;1H/t14-;/m0./s1. The van der Waals surface area contributed by atoms with Crippen LogP contribution >= 0.6 is 12.4 Å². The predicted octanol–water partition coefficient (Wildman–Crippen LogP) is 1.65. The molecule has 2 amide bonds. The van der Waals surface area contributed by atoms with E-state index in [-0.39, 0.29) is 29.8 Å². The molecule has 1 saturated heterocycles. The third-order valence-corrected chi connectivity index (χ3v) is 4.04. The zero-order chi connectivity index (χ0) is 17.1. The Morgan fingerprint density at radius 1 is 1.08 bits per heavy atom. The Hall–Kier alpha value is -1.73. The van der Waals surface area contributed by atoms with Crippen molar-refractivity contribution in [2.24, 2.45) is 11.7 Å². The van der Waals surface area contributed by atoms with Crippen LogP contribution in [-0.2, 0) is 4.79 Å². The van der Waals surface area contributed by atoms with Crippen LogP contribution in [0.15, 0.2) is 18.2 Å². The van der Waals surface area contributed by atoms with Gasteiger partial charge in [-0.2, -0.15) is 0 Å². The molecule has 1 fully saturated rings. The van der Waals surface area contributed by atoms with Gasteiger partial charge in [0.2, 0.25) is 5.91 Å². The Kier molecular flexibility index (Phi) is 7.10. The maximum atomic E-state index is 13.7. The van der Waals surface area contributed by atoms with Crippen molar-refractivity contribution in [3.63, 3.8) is 0 Å². The second-order valence-electron chi connectivity index (χ2n) is 6.01. The van der Waals surface area contributed by atoms with Gasteiger partial charge in [-0.1, -0.05) is 13.8 Å². The molecule has 1 aromatic carbocycles.